The number of nitrogens with one attached hydrogen (secondary N) is 1. The van der Waals surface area contributed by atoms with E-state index in [-0.39, 0.29) is 5.91 Å². The molecule has 0 saturated heterocycles. The molecule has 0 saturated carbocycles. The molecule has 3 nitrogen and oxygen atoms in total. The molecule has 0 bridgehead atoms. The van der Waals surface area contributed by atoms with E-state index < -0.39 is 0 Å². The summed E-state index contributed by atoms with van der Waals surface area (Å²) in [6, 6.07) is 8.16. The molecule has 3 heteroatoms. The molecule has 1 N–H and O–H groups in total. The topological polar surface area (TPSA) is 32.3 Å². The number of carbonyl (C=O) groups is 1. The summed E-state index contributed by atoms with van der Waals surface area (Å²) in [6.45, 7) is 8.75. The van der Waals surface area contributed by atoms with E-state index in [2.05, 4.69) is 38.2 Å². The monoisotopic (exact) mass is 262 g/mol. The van der Waals surface area contributed by atoms with Crippen LogP contribution in [0.5, 0.6) is 0 Å². The fraction of sp³-hybridized carbons (Fsp3) is 0.562. The van der Waals surface area contributed by atoms with Gasteiger partial charge >= 0.3 is 0 Å². The van der Waals surface area contributed by atoms with Crippen molar-refractivity contribution in [2.24, 2.45) is 0 Å². The lowest BCUT2D eigenvalue weighted by atomic mass is 10.2. The highest BCUT2D eigenvalue weighted by Crippen LogP contribution is 2.12. The number of para-hydroxylation sites is 1. The Kier molecular flexibility index (Phi) is 7.01. The number of nitrogens with zero attached hydrogens (tertiary/aromatic N) is 1. The minimum absolute atomic E-state index is 0.254. The fourth-order valence-electron chi connectivity index (χ4n) is 2.13. The van der Waals surface area contributed by atoms with Gasteiger partial charge in [-0.25, -0.2) is 0 Å². The SMILES string of the molecule is CCCN(CCC)C(=O)CCNc1ccccc1C. The van der Waals surface area contributed by atoms with Gasteiger partial charge < -0.3 is 10.2 Å². The molecule has 1 aromatic rings. The first-order chi connectivity index (χ1) is 9.19. The molecular formula is C16H26N2O. The second-order valence-electron chi connectivity index (χ2n) is 4.87. The van der Waals surface area contributed by atoms with Gasteiger partial charge in [-0.1, -0.05) is 32.0 Å². The highest BCUT2D eigenvalue weighted by molar-refractivity contribution is 5.76. The second kappa shape index (κ2) is 8.57. The van der Waals surface area contributed by atoms with E-state index in [1.807, 2.05) is 17.0 Å². The van der Waals surface area contributed by atoms with Gasteiger partial charge in [-0.15, -0.1) is 0 Å². The van der Waals surface area contributed by atoms with E-state index in [0.29, 0.717) is 13.0 Å². The number of hydrogen-bond acceptors (Lipinski definition) is 2. The number of carbonyl (C=O) groups excluding carboxylic acids is 1. The van der Waals surface area contributed by atoms with Gasteiger partial charge in [0.2, 0.25) is 5.91 Å². The average molecular weight is 262 g/mol. The van der Waals surface area contributed by atoms with Crippen molar-refractivity contribution in [1.29, 1.82) is 0 Å². The summed E-state index contributed by atoms with van der Waals surface area (Å²) in [5.41, 5.74) is 2.33. The van der Waals surface area contributed by atoms with Crippen molar-refractivity contribution < 1.29 is 4.79 Å². The maximum absolute atomic E-state index is 12.1. The third kappa shape index (κ3) is 5.33. The van der Waals surface area contributed by atoms with E-state index in [9.17, 15) is 4.79 Å². The van der Waals surface area contributed by atoms with Crippen LogP contribution in [0.4, 0.5) is 5.69 Å². The van der Waals surface area contributed by atoms with Gasteiger partial charge in [0.15, 0.2) is 0 Å². The molecule has 0 spiro atoms. The molecule has 0 atom stereocenters. The summed E-state index contributed by atoms with van der Waals surface area (Å²) < 4.78 is 0. The number of amides is 1. The van der Waals surface area contributed by atoms with E-state index in [1.54, 1.807) is 0 Å². The van der Waals surface area contributed by atoms with Gasteiger partial charge in [-0.3, -0.25) is 4.79 Å². The predicted octanol–water partition coefficient (Wildman–Crippen LogP) is 3.45. The summed E-state index contributed by atoms with van der Waals surface area (Å²) in [5.74, 6) is 0.254. The average Bonchev–Trinajstić information content (AvgIpc) is 2.40. The largest absolute Gasteiger partial charge is 0.384 e. The summed E-state index contributed by atoms with van der Waals surface area (Å²) in [4.78, 5) is 14.1. The van der Waals surface area contributed by atoms with Crippen LogP contribution in [0.3, 0.4) is 0 Å². The molecule has 1 amide bonds. The number of benzene rings is 1. The van der Waals surface area contributed by atoms with Crippen LogP contribution < -0.4 is 5.32 Å². The van der Waals surface area contributed by atoms with E-state index >= 15 is 0 Å². The normalized spacial score (nSPS) is 10.3. The molecule has 0 aromatic heterocycles. The van der Waals surface area contributed by atoms with Gasteiger partial charge in [0, 0.05) is 31.7 Å². The first-order valence-electron chi connectivity index (χ1n) is 7.26. The van der Waals surface area contributed by atoms with Crippen molar-refractivity contribution in [2.45, 2.75) is 40.0 Å². The summed E-state index contributed by atoms with van der Waals surface area (Å²) in [5, 5.41) is 3.34. The lowest BCUT2D eigenvalue weighted by molar-refractivity contribution is -0.131. The summed E-state index contributed by atoms with van der Waals surface area (Å²) in [7, 11) is 0. The van der Waals surface area contributed by atoms with E-state index in [1.165, 1.54) is 5.56 Å². The Labute approximate surface area is 117 Å². The third-order valence-electron chi connectivity index (χ3n) is 3.14. The van der Waals surface area contributed by atoms with Crippen molar-refractivity contribution >= 4 is 11.6 Å². The van der Waals surface area contributed by atoms with Crippen LogP contribution in [-0.2, 0) is 4.79 Å². The Hall–Kier alpha value is -1.51. The molecule has 0 radical (unpaired) electrons. The number of aryl methyl sites for hydroxylation is 1. The van der Waals surface area contributed by atoms with Crippen molar-refractivity contribution in [3.63, 3.8) is 0 Å². The Morgan fingerprint density at radius 2 is 1.79 bits per heavy atom. The molecule has 1 aromatic carbocycles. The second-order valence-corrected chi connectivity index (χ2v) is 4.87. The standard InChI is InChI=1S/C16H26N2O/c1-4-12-18(13-5-2)16(19)10-11-17-15-9-7-6-8-14(15)3/h6-9,17H,4-5,10-13H2,1-3H3. The van der Waals surface area contributed by atoms with Crippen molar-refractivity contribution in [3.05, 3.63) is 29.8 Å². The smallest absolute Gasteiger partial charge is 0.224 e. The number of hydrogen-bond donors (Lipinski definition) is 1. The van der Waals surface area contributed by atoms with Crippen molar-refractivity contribution in [1.82, 2.24) is 4.90 Å². The Morgan fingerprint density at radius 3 is 2.37 bits per heavy atom. The quantitative estimate of drug-likeness (QED) is 0.778. The van der Waals surface area contributed by atoms with Crippen LogP contribution in [-0.4, -0.2) is 30.4 Å². The Morgan fingerprint density at radius 1 is 1.16 bits per heavy atom. The van der Waals surface area contributed by atoms with Gasteiger partial charge in [0.1, 0.15) is 0 Å². The lowest BCUT2D eigenvalue weighted by Crippen LogP contribution is -2.33. The molecule has 106 valence electrons. The van der Waals surface area contributed by atoms with E-state index in [0.717, 1.165) is 31.6 Å². The molecule has 19 heavy (non-hydrogen) atoms. The highest BCUT2D eigenvalue weighted by atomic mass is 16.2. The van der Waals surface area contributed by atoms with Crippen LogP contribution in [0.2, 0.25) is 0 Å². The molecule has 0 aliphatic carbocycles. The Bertz CT molecular complexity index is 384. The maximum atomic E-state index is 12.1. The van der Waals surface area contributed by atoms with Gasteiger partial charge in [-0.05, 0) is 31.4 Å². The highest BCUT2D eigenvalue weighted by Gasteiger charge is 2.10. The van der Waals surface area contributed by atoms with Crippen molar-refractivity contribution in [3.8, 4) is 0 Å². The Balaban J connectivity index is 2.39. The zero-order chi connectivity index (χ0) is 14.1. The van der Waals surface area contributed by atoms with Gasteiger partial charge in [0.25, 0.3) is 0 Å². The van der Waals surface area contributed by atoms with Crippen LogP contribution in [0.1, 0.15) is 38.7 Å². The van der Waals surface area contributed by atoms with Crippen LogP contribution in [0.15, 0.2) is 24.3 Å². The molecule has 0 unspecified atom stereocenters. The molecule has 0 aliphatic rings. The summed E-state index contributed by atoms with van der Waals surface area (Å²) >= 11 is 0. The molecule has 1 rings (SSSR count). The molecule has 0 fully saturated rings. The van der Waals surface area contributed by atoms with Gasteiger partial charge in [-0.2, -0.15) is 0 Å². The fourth-order valence-corrected chi connectivity index (χ4v) is 2.13. The van der Waals surface area contributed by atoms with E-state index in [4.69, 9.17) is 0 Å². The maximum Gasteiger partial charge on any atom is 0.224 e. The predicted molar refractivity (Wildman–Crippen MR) is 81.4 cm³/mol. The lowest BCUT2D eigenvalue weighted by Gasteiger charge is -2.21. The van der Waals surface area contributed by atoms with Crippen LogP contribution in [0, 0.1) is 6.92 Å². The summed E-state index contributed by atoms with van der Waals surface area (Å²) in [6.07, 6.45) is 2.61. The van der Waals surface area contributed by atoms with Crippen LogP contribution in [0.25, 0.3) is 0 Å². The molecule has 0 aliphatic heterocycles. The minimum atomic E-state index is 0.254. The first-order valence-corrected chi connectivity index (χ1v) is 7.26. The third-order valence-corrected chi connectivity index (χ3v) is 3.14. The minimum Gasteiger partial charge on any atom is -0.384 e. The first kappa shape index (κ1) is 15.5. The zero-order valence-corrected chi connectivity index (χ0v) is 12.4. The molecule has 0 heterocycles. The number of rotatable bonds is 8. The van der Waals surface area contributed by atoms with Crippen molar-refractivity contribution in [2.75, 3.05) is 25.0 Å². The zero-order valence-electron chi connectivity index (χ0n) is 12.4. The molecular weight excluding hydrogens is 236 g/mol. The van der Waals surface area contributed by atoms with Gasteiger partial charge in [0.05, 0.1) is 0 Å². The number of anilines is 1. The van der Waals surface area contributed by atoms with Crippen LogP contribution >= 0.6 is 0 Å².